The van der Waals surface area contributed by atoms with Crippen molar-refractivity contribution >= 4 is 14.1 Å². The van der Waals surface area contributed by atoms with Crippen LogP contribution in [0.15, 0.2) is 0 Å². The lowest BCUT2D eigenvalue weighted by Crippen LogP contribution is -2.54. The van der Waals surface area contributed by atoms with Crippen LogP contribution in [0.25, 0.3) is 0 Å². The van der Waals surface area contributed by atoms with Crippen LogP contribution in [0, 0.1) is 40.4 Å². The monoisotopic (exact) mass is 390 g/mol. The zero-order valence-corrected chi connectivity index (χ0v) is 19.6. The summed E-state index contributed by atoms with van der Waals surface area (Å²) in [5, 5.41) is 0. The van der Waals surface area contributed by atoms with E-state index in [1.807, 2.05) is 6.92 Å². The minimum Gasteiger partial charge on any atom is -0.415 e. The van der Waals surface area contributed by atoms with Crippen LogP contribution >= 0.6 is 0 Å². The van der Waals surface area contributed by atoms with Crippen LogP contribution < -0.4 is 0 Å². The second-order valence-electron chi connectivity index (χ2n) is 12.1. The lowest BCUT2D eigenvalue weighted by atomic mass is 9.44. The number of ketones is 1. The van der Waals surface area contributed by atoms with Gasteiger partial charge in [0.05, 0.1) is 0 Å². The molecule has 4 rings (SSSR count). The minimum atomic E-state index is -1.44. The van der Waals surface area contributed by atoms with Crippen LogP contribution in [-0.2, 0) is 9.22 Å². The molecule has 0 saturated heterocycles. The second-order valence-corrected chi connectivity index (χ2v) is 16.5. The molecule has 0 aromatic rings. The summed E-state index contributed by atoms with van der Waals surface area (Å²) in [4.78, 5) is 12.3. The maximum atomic E-state index is 12.3. The van der Waals surface area contributed by atoms with E-state index in [1.54, 1.807) is 0 Å². The summed E-state index contributed by atoms with van der Waals surface area (Å²) in [6.45, 7) is 14.0. The third-order valence-electron chi connectivity index (χ3n) is 9.63. The maximum Gasteiger partial charge on any atom is 0.184 e. The van der Waals surface area contributed by atoms with Crippen molar-refractivity contribution in [2.75, 3.05) is 0 Å². The molecule has 0 heterocycles. The molecule has 3 heteroatoms. The van der Waals surface area contributed by atoms with Crippen LogP contribution in [0.5, 0.6) is 0 Å². The molecule has 8 atom stereocenters. The smallest absolute Gasteiger partial charge is 0.184 e. The number of fused-ring (bicyclic) bond motifs is 5. The molecule has 2 nitrogen and oxygen atoms in total. The molecule has 0 aromatic carbocycles. The van der Waals surface area contributed by atoms with Crippen molar-refractivity contribution < 1.29 is 9.22 Å². The van der Waals surface area contributed by atoms with E-state index in [0.717, 1.165) is 30.1 Å². The van der Waals surface area contributed by atoms with E-state index in [2.05, 4.69) is 33.5 Å². The molecule has 0 radical (unpaired) electrons. The molecular formula is C24H42O2Si. The van der Waals surface area contributed by atoms with Crippen molar-refractivity contribution in [1.29, 1.82) is 0 Å². The summed E-state index contributed by atoms with van der Waals surface area (Å²) >= 11 is 0. The summed E-state index contributed by atoms with van der Waals surface area (Å²) in [6, 6.07) is 0. The van der Waals surface area contributed by atoms with Gasteiger partial charge in [-0.2, -0.15) is 0 Å². The van der Waals surface area contributed by atoms with Gasteiger partial charge in [-0.25, -0.2) is 0 Å². The lowest BCUT2D eigenvalue weighted by Gasteiger charge is -2.61. The van der Waals surface area contributed by atoms with Crippen molar-refractivity contribution in [2.24, 2.45) is 40.4 Å². The van der Waals surface area contributed by atoms with Crippen molar-refractivity contribution in [3.05, 3.63) is 0 Å². The molecule has 4 aliphatic carbocycles. The van der Waals surface area contributed by atoms with Gasteiger partial charge >= 0.3 is 0 Å². The Hall–Kier alpha value is -0.153. The molecular weight excluding hydrogens is 348 g/mol. The molecule has 27 heavy (non-hydrogen) atoms. The van der Waals surface area contributed by atoms with E-state index in [0.29, 0.717) is 28.6 Å². The second kappa shape index (κ2) is 6.69. The van der Waals surface area contributed by atoms with Crippen molar-refractivity contribution in [3.63, 3.8) is 0 Å². The largest absolute Gasteiger partial charge is 0.415 e. The van der Waals surface area contributed by atoms with Crippen LogP contribution in [0.1, 0.15) is 78.6 Å². The Morgan fingerprint density at radius 3 is 2.22 bits per heavy atom. The highest BCUT2D eigenvalue weighted by atomic mass is 28.4. The van der Waals surface area contributed by atoms with Crippen LogP contribution in [0.4, 0.5) is 0 Å². The number of rotatable bonds is 3. The number of carbonyl (C=O) groups is 1. The summed E-state index contributed by atoms with van der Waals surface area (Å²) in [5.41, 5.74) is 0.826. The molecule has 0 bridgehead atoms. The SMILES string of the molecule is CC(=O)[C@H]1CC[C@H]2[C@@H]3CCC4CC(O[Si](C)(C)C)CC[C@]4(C)[C@H]3CC[C@]12C. The Bertz CT molecular complexity index is 596. The average Bonchev–Trinajstić information content (AvgIpc) is 2.91. The van der Waals surface area contributed by atoms with E-state index >= 15 is 0 Å². The highest BCUT2D eigenvalue weighted by Crippen LogP contribution is 2.67. The number of hydrogen-bond acceptors (Lipinski definition) is 2. The standard InChI is InChI=1S/C24H42O2Si/c1-16(25)20-9-10-21-19-8-7-17-15-18(26-27(4,5)6)11-13-23(17,2)22(19)12-14-24(20,21)3/h17-22H,7-15H2,1-6H3/t17?,18?,19-,20+,21-,22-,23-,24+/m0/s1. The number of hydrogen-bond donors (Lipinski definition) is 0. The van der Waals surface area contributed by atoms with Gasteiger partial charge in [-0.15, -0.1) is 0 Å². The van der Waals surface area contributed by atoms with Crippen molar-refractivity contribution in [3.8, 4) is 0 Å². The average molecular weight is 391 g/mol. The van der Waals surface area contributed by atoms with Gasteiger partial charge in [0.25, 0.3) is 0 Å². The van der Waals surface area contributed by atoms with Gasteiger partial charge < -0.3 is 4.43 Å². The minimum absolute atomic E-state index is 0.300. The summed E-state index contributed by atoms with van der Waals surface area (Å²) in [6.07, 6.45) is 12.4. The molecule has 0 aromatic heterocycles. The first kappa shape index (κ1) is 20.1. The normalized spacial score (nSPS) is 49.9. The fourth-order valence-electron chi connectivity index (χ4n) is 8.49. The first-order valence-electron chi connectivity index (χ1n) is 11.7. The number of carbonyl (C=O) groups excluding carboxylic acids is 1. The Morgan fingerprint density at radius 1 is 0.889 bits per heavy atom. The molecule has 2 unspecified atom stereocenters. The molecule has 0 N–H and O–H groups in total. The Labute approximate surface area is 168 Å². The van der Waals surface area contributed by atoms with Gasteiger partial charge in [0.2, 0.25) is 0 Å². The fourth-order valence-corrected chi connectivity index (χ4v) is 9.71. The highest BCUT2D eigenvalue weighted by molar-refractivity contribution is 6.69. The fraction of sp³-hybridized carbons (Fsp3) is 0.958. The van der Waals surface area contributed by atoms with Crippen LogP contribution in [0.2, 0.25) is 19.6 Å². The van der Waals surface area contributed by atoms with Crippen molar-refractivity contribution in [2.45, 2.75) is 104 Å². The Balaban J connectivity index is 1.52. The highest BCUT2D eigenvalue weighted by Gasteiger charge is 2.60. The molecule has 154 valence electrons. The van der Waals surface area contributed by atoms with E-state index in [1.165, 1.54) is 51.4 Å². The number of Topliss-reactive ketones (excluding diaryl/α,β-unsaturated/α-hetero) is 1. The van der Waals surface area contributed by atoms with Gasteiger partial charge in [-0.3, -0.25) is 4.79 Å². The van der Waals surface area contributed by atoms with Gasteiger partial charge in [0, 0.05) is 12.0 Å². The summed E-state index contributed by atoms with van der Waals surface area (Å²) in [7, 11) is -1.44. The van der Waals surface area contributed by atoms with E-state index < -0.39 is 8.32 Å². The van der Waals surface area contributed by atoms with Crippen molar-refractivity contribution in [1.82, 2.24) is 0 Å². The van der Waals surface area contributed by atoms with E-state index in [9.17, 15) is 4.79 Å². The quantitative estimate of drug-likeness (QED) is 0.517. The molecule has 4 aliphatic rings. The lowest BCUT2D eigenvalue weighted by molar-refractivity contribution is -0.137. The predicted molar refractivity (Wildman–Crippen MR) is 114 cm³/mol. The Kier molecular flexibility index (Phi) is 4.99. The first-order valence-corrected chi connectivity index (χ1v) is 15.1. The zero-order chi connectivity index (χ0) is 19.6. The molecule has 0 spiro atoms. The van der Waals surface area contributed by atoms with Crippen LogP contribution in [0.3, 0.4) is 0 Å². The third-order valence-corrected chi connectivity index (χ3v) is 10.7. The first-order chi connectivity index (χ1) is 12.5. The predicted octanol–water partition coefficient (Wildman–Crippen LogP) is 6.45. The molecule has 4 fully saturated rings. The van der Waals surface area contributed by atoms with Gasteiger partial charge in [0.1, 0.15) is 5.78 Å². The van der Waals surface area contributed by atoms with Gasteiger partial charge in [-0.05, 0) is 119 Å². The van der Waals surface area contributed by atoms with Gasteiger partial charge in [0.15, 0.2) is 8.32 Å². The molecule has 0 aliphatic heterocycles. The molecule has 4 saturated carbocycles. The van der Waals surface area contributed by atoms with Crippen LogP contribution in [-0.4, -0.2) is 20.2 Å². The third kappa shape index (κ3) is 3.29. The summed E-state index contributed by atoms with van der Waals surface area (Å²) < 4.78 is 6.54. The maximum absolute atomic E-state index is 12.3. The van der Waals surface area contributed by atoms with E-state index in [4.69, 9.17) is 4.43 Å². The van der Waals surface area contributed by atoms with E-state index in [-0.39, 0.29) is 0 Å². The van der Waals surface area contributed by atoms with Gasteiger partial charge in [-0.1, -0.05) is 13.8 Å². The Morgan fingerprint density at radius 2 is 1.56 bits per heavy atom. The summed E-state index contributed by atoms with van der Waals surface area (Å²) in [5.74, 6) is 4.25. The topological polar surface area (TPSA) is 26.3 Å². The zero-order valence-electron chi connectivity index (χ0n) is 18.6. The molecule has 0 amide bonds.